The Bertz CT molecular complexity index is 937. The van der Waals surface area contributed by atoms with Crippen molar-refractivity contribution in [3.63, 3.8) is 0 Å². The van der Waals surface area contributed by atoms with Crippen LogP contribution in [0.2, 0.25) is 0 Å². The van der Waals surface area contributed by atoms with Gasteiger partial charge in [0.2, 0.25) is 11.7 Å². The lowest BCUT2D eigenvalue weighted by atomic mass is 10.0. The van der Waals surface area contributed by atoms with Gasteiger partial charge >= 0.3 is 0 Å². The van der Waals surface area contributed by atoms with Gasteiger partial charge in [-0.1, -0.05) is 26.0 Å². The highest BCUT2D eigenvalue weighted by Crippen LogP contribution is 2.26. The van der Waals surface area contributed by atoms with Crippen LogP contribution in [0.15, 0.2) is 29.1 Å². The van der Waals surface area contributed by atoms with Crippen molar-refractivity contribution in [3.05, 3.63) is 56.9 Å². The number of aryl methyl sites for hydroxylation is 1. The molecule has 1 heterocycles. The average Bonchev–Trinajstić information content (AvgIpc) is 2.66. The molecule has 0 fully saturated rings. The van der Waals surface area contributed by atoms with Gasteiger partial charge in [0.05, 0.1) is 5.56 Å². The second kappa shape index (κ2) is 8.54. The normalized spacial score (nSPS) is 11.7. The van der Waals surface area contributed by atoms with Gasteiger partial charge in [-0.15, -0.1) is 0 Å². The number of pyridine rings is 1. The highest BCUT2D eigenvalue weighted by Gasteiger charge is 2.25. The van der Waals surface area contributed by atoms with Crippen molar-refractivity contribution < 1.29 is 14.6 Å². The van der Waals surface area contributed by atoms with E-state index in [9.17, 15) is 20.0 Å². The molecular formula is C21H24N2O4. The molecule has 0 saturated carbocycles. The van der Waals surface area contributed by atoms with E-state index in [1.807, 2.05) is 32.0 Å². The third-order valence-electron chi connectivity index (χ3n) is 4.76. The van der Waals surface area contributed by atoms with Crippen molar-refractivity contribution in [2.24, 2.45) is 0 Å². The fourth-order valence-electron chi connectivity index (χ4n) is 2.89. The Labute approximate surface area is 158 Å². The average molecular weight is 368 g/mol. The Hall–Kier alpha value is -3.07. The molecule has 0 saturated heterocycles. The summed E-state index contributed by atoms with van der Waals surface area (Å²) in [6.45, 7) is 6.84. The first-order chi connectivity index (χ1) is 12.8. The van der Waals surface area contributed by atoms with Crippen molar-refractivity contribution in [2.75, 3.05) is 6.61 Å². The molecule has 0 aliphatic carbocycles. The fourth-order valence-corrected chi connectivity index (χ4v) is 2.89. The van der Waals surface area contributed by atoms with Crippen molar-refractivity contribution >= 4 is 5.78 Å². The van der Waals surface area contributed by atoms with Crippen LogP contribution >= 0.6 is 0 Å². The van der Waals surface area contributed by atoms with Gasteiger partial charge in [0.25, 0.3) is 5.56 Å². The lowest BCUT2D eigenvalue weighted by Gasteiger charge is -2.19. The zero-order valence-electron chi connectivity index (χ0n) is 16.1. The maximum absolute atomic E-state index is 12.7. The van der Waals surface area contributed by atoms with E-state index in [2.05, 4.69) is 0 Å². The molecule has 0 bridgehead atoms. The Morgan fingerprint density at radius 3 is 2.44 bits per heavy atom. The van der Waals surface area contributed by atoms with E-state index in [1.54, 1.807) is 19.1 Å². The molecule has 6 nitrogen and oxygen atoms in total. The highest BCUT2D eigenvalue weighted by atomic mass is 16.5. The monoisotopic (exact) mass is 368 g/mol. The number of hydrogen-bond acceptors (Lipinski definition) is 5. The zero-order valence-corrected chi connectivity index (χ0v) is 16.1. The largest absolute Gasteiger partial charge is 0.494 e. The van der Waals surface area contributed by atoms with Crippen LogP contribution in [0, 0.1) is 18.3 Å². The molecule has 6 heteroatoms. The summed E-state index contributed by atoms with van der Waals surface area (Å²) >= 11 is 0. The summed E-state index contributed by atoms with van der Waals surface area (Å²) in [5.74, 6) is -0.368. The van der Waals surface area contributed by atoms with Crippen LogP contribution in [0.1, 0.15) is 60.3 Å². The Balaban J connectivity index is 2.39. The number of carbonyl (C=O) groups excluding carboxylic acids is 1. The summed E-state index contributed by atoms with van der Waals surface area (Å²) in [5.41, 5.74) is 0.561. The van der Waals surface area contributed by atoms with Crippen LogP contribution in [0.4, 0.5) is 0 Å². The molecule has 1 aromatic carbocycles. The van der Waals surface area contributed by atoms with Gasteiger partial charge in [-0.05, 0) is 49.9 Å². The summed E-state index contributed by atoms with van der Waals surface area (Å²) < 4.78 is 6.64. The number of nitriles is 1. The van der Waals surface area contributed by atoms with E-state index in [1.165, 1.54) is 6.92 Å². The number of nitrogens with zero attached hydrogens (tertiary/aromatic N) is 2. The molecule has 2 aromatic rings. The number of rotatable bonds is 7. The molecule has 0 aliphatic heterocycles. The first-order valence-electron chi connectivity index (χ1n) is 8.98. The van der Waals surface area contributed by atoms with Gasteiger partial charge in [-0.2, -0.15) is 5.26 Å². The third-order valence-corrected chi connectivity index (χ3v) is 4.76. The van der Waals surface area contributed by atoms with Gasteiger partial charge in [0.15, 0.2) is 6.61 Å². The molecule has 1 unspecified atom stereocenters. The number of benzene rings is 1. The second-order valence-electron chi connectivity index (χ2n) is 6.45. The third kappa shape index (κ3) is 4.03. The number of carbonyl (C=O) groups is 1. The van der Waals surface area contributed by atoms with E-state index >= 15 is 0 Å². The summed E-state index contributed by atoms with van der Waals surface area (Å²) in [6.07, 6.45) is 1.47. The van der Waals surface area contributed by atoms with E-state index in [0.717, 1.165) is 16.6 Å². The summed E-state index contributed by atoms with van der Waals surface area (Å²) in [6, 6.07) is 8.89. The smallest absolute Gasteiger partial charge is 0.271 e. The van der Waals surface area contributed by atoms with Crippen LogP contribution < -0.4 is 10.3 Å². The number of Topliss-reactive ketones (excluding diaryl/α,β-unsaturated/α-hetero) is 1. The van der Waals surface area contributed by atoms with Crippen molar-refractivity contribution in [3.8, 4) is 17.7 Å². The molecule has 1 N–H and O–H groups in total. The minimum atomic E-state index is -0.588. The Morgan fingerprint density at radius 2 is 1.93 bits per heavy atom. The van der Waals surface area contributed by atoms with E-state index in [-0.39, 0.29) is 29.3 Å². The van der Waals surface area contributed by atoms with E-state index in [0.29, 0.717) is 12.2 Å². The molecule has 142 valence electrons. The SMILES string of the molecule is CCc1ccc(OCC(=O)c2c(C)c(C#N)c(=O)n(C(C)CC)c2O)cc1. The first kappa shape index (κ1) is 20.2. The summed E-state index contributed by atoms with van der Waals surface area (Å²) in [4.78, 5) is 25.2. The van der Waals surface area contributed by atoms with Gasteiger partial charge < -0.3 is 9.84 Å². The minimum Gasteiger partial charge on any atom is -0.494 e. The summed E-state index contributed by atoms with van der Waals surface area (Å²) in [7, 11) is 0. The first-order valence-corrected chi connectivity index (χ1v) is 8.98. The van der Waals surface area contributed by atoms with Crippen LogP contribution in [0.5, 0.6) is 11.6 Å². The molecule has 0 aliphatic rings. The van der Waals surface area contributed by atoms with Gasteiger partial charge in [-0.3, -0.25) is 14.2 Å². The van der Waals surface area contributed by atoms with Gasteiger partial charge in [0.1, 0.15) is 17.4 Å². The lowest BCUT2D eigenvalue weighted by molar-refractivity contribution is 0.0916. The van der Waals surface area contributed by atoms with E-state index in [4.69, 9.17) is 4.74 Å². The predicted octanol–water partition coefficient (Wildman–Crippen LogP) is 3.53. The van der Waals surface area contributed by atoms with Crippen LogP contribution in [0.25, 0.3) is 0 Å². The highest BCUT2D eigenvalue weighted by molar-refractivity contribution is 6.01. The maximum atomic E-state index is 12.7. The van der Waals surface area contributed by atoms with Crippen molar-refractivity contribution in [1.29, 1.82) is 5.26 Å². The van der Waals surface area contributed by atoms with E-state index < -0.39 is 17.2 Å². The standard InChI is InChI=1S/C21H24N2O4/c1-5-13(3)23-20(25)17(11-22)14(4)19(21(23)26)18(24)12-27-16-9-7-15(6-2)8-10-16/h7-10,13,26H,5-6,12H2,1-4H3. The number of hydrogen-bond donors (Lipinski definition) is 1. The van der Waals surface area contributed by atoms with Gasteiger partial charge in [0, 0.05) is 6.04 Å². The van der Waals surface area contributed by atoms with Crippen LogP contribution in [-0.2, 0) is 6.42 Å². The van der Waals surface area contributed by atoms with Crippen molar-refractivity contribution in [2.45, 2.75) is 46.6 Å². The summed E-state index contributed by atoms with van der Waals surface area (Å²) in [5, 5.41) is 19.9. The molecule has 0 amide bonds. The number of ketones is 1. The maximum Gasteiger partial charge on any atom is 0.271 e. The van der Waals surface area contributed by atoms with Gasteiger partial charge in [-0.25, -0.2) is 0 Å². The molecule has 1 aromatic heterocycles. The number of ether oxygens (including phenoxy) is 1. The minimum absolute atomic E-state index is 0.0448. The predicted molar refractivity (Wildman–Crippen MR) is 102 cm³/mol. The molecular weight excluding hydrogens is 344 g/mol. The zero-order chi connectivity index (χ0) is 20.1. The lowest BCUT2D eigenvalue weighted by Crippen LogP contribution is -2.29. The number of aromatic hydroxyl groups is 1. The molecule has 2 rings (SSSR count). The quantitative estimate of drug-likeness (QED) is 0.755. The molecule has 0 spiro atoms. The van der Waals surface area contributed by atoms with Crippen LogP contribution in [0.3, 0.4) is 0 Å². The molecule has 27 heavy (non-hydrogen) atoms. The second-order valence-corrected chi connectivity index (χ2v) is 6.45. The molecule has 1 atom stereocenters. The van der Waals surface area contributed by atoms with Crippen molar-refractivity contribution in [1.82, 2.24) is 4.57 Å². The Kier molecular flexibility index (Phi) is 6.40. The topological polar surface area (TPSA) is 92.3 Å². The molecule has 0 radical (unpaired) electrons. The fraction of sp³-hybridized carbons (Fsp3) is 0.381. The number of aromatic nitrogens is 1. The van der Waals surface area contributed by atoms with Crippen LogP contribution in [-0.4, -0.2) is 22.1 Å². The Morgan fingerprint density at radius 1 is 1.30 bits per heavy atom.